The number of halogens is 1. The molecule has 0 radical (unpaired) electrons. The van der Waals surface area contributed by atoms with Crippen LogP contribution in [-0.2, 0) is 6.54 Å². The molecule has 0 unspecified atom stereocenters. The summed E-state index contributed by atoms with van der Waals surface area (Å²) >= 11 is 6.07. The van der Waals surface area contributed by atoms with Crippen LogP contribution in [0.25, 0.3) is 0 Å². The molecule has 0 saturated heterocycles. The lowest BCUT2D eigenvalue weighted by atomic mass is 10.2. The van der Waals surface area contributed by atoms with Crippen molar-refractivity contribution in [1.82, 2.24) is 9.97 Å². The number of rotatable bonds is 4. The average molecular weight is 264 g/mol. The number of hydrogen-bond acceptors (Lipinski definition) is 4. The summed E-state index contributed by atoms with van der Waals surface area (Å²) in [6.45, 7) is 2.47. The number of methoxy groups -OCH3 is 1. The fourth-order valence-corrected chi connectivity index (χ4v) is 1.74. The molecule has 1 aromatic heterocycles. The Bertz CT molecular complexity index is 546. The van der Waals surface area contributed by atoms with Gasteiger partial charge < -0.3 is 10.1 Å². The highest BCUT2D eigenvalue weighted by Gasteiger charge is 2.03. The zero-order valence-corrected chi connectivity index (χ0v) is 11.0. The first-order chi connectivity index (χ1) is 8.69. The molecule has 0 bridgehead atoms. The molecule has 0 saturated carbocycles. The molecule has 1 heterocycles. The van der Waals surface area contributed by atoms with E-state index in [9.17, 15) is 0 Å². The van der Waals surface area contributed by atoms with E-state index in [2.05, 4.69) is 15.3 Å². The molecule has 94 valence electrons. The van der Waals surface area contributed by atoms with Gasteiger partial charge in [-0.1, -0.05) is 29.8 Å². The van der Waals surface area contributed by atoms with Crippen molar-refractivity contribution in [2.45, 2.75) is 13.5 Å². The second-order valence-corrected chi connectivity index (χ2v) is 4.23. The molecule has 0 amide bonds. The molecule has 0 fully saturated rings. The molecule has 4 nitrogen and oxygen atoms in total. The number of ether oxygens (including phenoxy) is 1. The molecule has 1 N–H and O–H groups in total. The largest absolute Gasteiger partial charge is 0.481 e. The van der Waals surface area contributed by atoms with E-state index in [0.29, 0.717) is 18.4 Å². The topological polar surface area (TPSA) is 47.0 Å². The summed E-state index contributed by atoms with van der Waals surface area (Å²) < 4.78 is 5.09. The summed E-state index contributed by atoms with van der Waals surface area (Å²) in [5.41, 5.74) is 1.85. The first kappa shape index (κ1) is 12.6. The van der Waals surface area contributed by atoms with E-state index >= 15 is 0 Å². The Kier molecular flexibility index (Phi) is 3.99. The Morgan fingerprint density at radius 2 is 2.06 bits per heavy atom. The third-order valence-electron chi connectivity index (χ3n) is 2.43. The zero-order valence-electron chi connectivity index (χ0n) is 10.3. The summed E-state index contributed by atoms with van der Waals surface area (Å²) in [6, 6.07) is 9.44. The van der Waals surface area contributed by atoms with Gasteiger partial charge in [-0.05, 0) is 18.6 Å². The quantitative estimate of drug-likeness (QED) is 0.921. The van der Waals surface area contributed by atoms with Gasteiger partial charge >= 0.3 is 0 Å². The predicted octanol–water partition coefficient (Wildman–Crippen LogP) is 3.06. The SMILES string of the molecule is COc1cc(C)nc(NCc2ccccc2Cl)n1. The van der Waals surface area contributed by atoms with E-state index in [1.165, 1.54) is 0 Å². The highest BCUT2D eigenvalue weighted by Crippen LogP contribution is 2.17. The zero-order chi connectivity index (χ0) is 13.0. The number of hydrogen-bond donors (Lipinski definition) is 1. The van der Waals surface area contributed by atoms with Crippen LogP contribution in [0.1, 0.15) is 11.3 Å². The number of benzene rings is 1. The van der Waals surface area contributed by atoms with Crippen molar-refractivity contribution < 1.29 is 4.74 Å². The number of anilines is 1. The van der Waals surface area contributed by atoms with Gasteiger partial charge in [0.25, 0.3) is 0 Å². The number of nitrogens with one attached hydrogen (secondary N) is 1. The van der Waals surface area contributed by atoms with Crippen molar-refractivity contribution in [3.63, 3.8) is 0 Å². The molecule has 1 aromatic carbocycles. The Morgan fingerprint density at radius 3 is 2.78 bits per heavy atom. The van der Waals surface area contributed by atoms with Gasteiger partial charge in [-0.25, -0.2) is 4.98 Å². The van der Waals surface area contributed by atoms with Gasteiger partial charge in [0.15, 0.2) is 0 Å². The van der Waals surface area contributed by atoms with Crippen LogP contribution in [0.3, 0.4) is 0 Å². The van der Waals surface area contributed by atoms with Gasteiger partial charge in [-0.15, -0.1) is 0 Å². The molecule has 0 aliphatic heterocycles. The Hall–Kier alpha value is -1.81. The number of nitrogens with zero attached hydrogens (tertiary/aromatic N) is 2. The molecule has 0 spiro atoms. The first-order valence-electron chi connectivity index (χ1n) is 5.56. The average Bonchev–Trinajstić information content (AvgIpc) is 2.37. The minimum atomic E-state index is 0.534. The summed E-state index contributed by atoms with van der Waals surface area (Å²) in [6.07, 6.45) is 0. The van der Waals surface area contributed by atoms with E-state index in [1.54, 1.807) is 13.2 Å². The minimum Gasteiger partial charge on any atom is -0.481 e. The third-order valence-corrected chi connectivity index (χ3v) is 2.80. The second kappa shape index (κ2) is 5.69. The monoisotopic (exact) mass is 263 g/mol. The minimum absolute atomic E-state index is 0.534. The molecule has 0 aliphatic carbocycles. The van der Waals surface area contributed by atoms with Crippen LogP contribution in [-0.4, -0.2) is 17.1 Å². The highest BCUT2D eigenvalue weighted by atomic mass is 35.5. The van der Waals surface area contributed by atoms with Gasteiger partial charge in [-0.3, -0.25) is 0 Å². The molecular weight excluding hydrogens is 250 g/mol. The third kappa shape index (κ3) is 3.11. The van der Waals surface area contributed by atoms with Crippen molar-refractivity contribution in [1.29, 1.82) is 0 Å². The Labute approximate surface area is 111 Å². The van der Waals surface area contributed by atoms with Crippen LogP contribution < -0.4 is 10.1 Å². The van der Waals surface area contributed by atoms with Crippen LogP contribution in [0.15, 0.2) is 30.3 Å². The van der Waals surface area contributed by atoms with Crippen LogP contribution in [0.4, 0.5) is 5.95 Å². The normalized spacial score (nSPS) is 10.2. The van der Waals surface area contributed by atoms with Crippen molar-refractivity contribution in [3.8, 4) is 5.88 Å². The number of aryl methyl sites for hydroxylation is 1. The van der Waals surface area contributed by atoms with Crippen LogP contribution in [0, 0.1) is 6.92 Å². The predicted molar refractivity (Wildman–Crippen MR) is 72.1 cm³/mol. The fraction of sp³-hybridized carbons (Fsp3) is 0.231. The molecular formula is C13H14ClN3O. The maximum Gasteiger partial charge on any atom is 0.226 e. The maximum absolute atomic E-state index is 6.07. The van der Waals surface area contributed by atoms with Crippen molar-refractivity contribution >= 4 is 17.5 Å². The molecule has 2 rings (SSSR count). The van der Waals surface area contributed by atoms with Crippen molar-refractivity contribution in [2.75, 3.05) is 12.4 Å². The van der Waals surface area contributed by atoms with E-state index in [1.807, 2.05) is 31.2 Å². The van der Waals surface area contributed by atoms with E-state index in [4.69, 9.17) is 16.3 Å². The molecule has 0 atom stereocenters. The van der Waals surface area contributed by atoms with E-state index in [0.717, 1.165) is 16.3 Å². The van der Waals surface area contributed by atoms with Gasteiger partial charge in [0.2, 0.25) is 11.8 Å². The van der Waals surface area contributed by atoms with Gasteiger partial charge in [-0.2, -0.15) is 4.98 Å². The lowest BCUT2D eigenvalue weighted by Gasteiger charge is -2.08. The summed E-state index contributed by atoms with van der Waals surface area (Å²) in [7, 11) is 1.58. The lowest BCUT2D eigenvalue weighted by Crippen LogP contribution is -2.05. The summed E-state index contributed by atoms with van der Waals surface area (Å²) in [5, 5.41) is 3.86. The van der Waals surface area contributed by atoms with Crippen LogP contribution in [0.5, 0.6) is 5.88 Å². The summed E-state index contributed by atoms with van der Waals surface area (Å²) in [4.78, 5) is 8.49. The summed E-state index contributed by atoms with van der Waals surface area (Å²) in [5.74, 6) is 1.08. The van der Waals surface area contributed by atoms with E-state index in [-0.39, 0.29) is 0 Å². The molecule has 0 aliphatic rings. The van der Waals surface area contributed by atoms with Gasteiger partial charge in [0, 0.05) is 23.3 Å². The van der Waals surface area contributed by atoms with Crippen molar-refractivity contribution in [3.05, 3.63) is 46.6 Å². The lowest BCUT2D eigenvalue weighted by molar-refractivity contribution is 0.397. The molecule has 5 heteroatoms. The molecule has 18 heavy (non-hydrogen) atoms. The maximum atomic E-state index is 6.07. The van der Waals surface area contributed by atoms with Crippen molar-refractivity contribution in [2.24, 2.45) is 0 Å². The number of aromatic nitrogens is 2. The standard InChI is InChI=1S/C13H14ClN3O/c1-9-7-12(18-2)17-13(16-9)15-8-10-5-3-4-6-11(10)14/h3-7H,8H2,1-2H3,(H,15,16,17). The van der Waals surface area contributed by atoms with Crippen LogP contribution in [0.2, 0.25) is 5.02 Å². The van der Waals surface area contributed by atoms with Crippen LogP contribution >= 0.6 is 11.6 Å². The second-order valence-electron chi connectivity index (χ2n) is 3.82. The first-order valence-corrected chi connectivity index (χ1v) is 5.94. The van der Waals surface area contributed by atoms with Gasteiger partial charge in [0.1, 0.15) is 0 Å². The Balaban J connectivity index is 2.11. The smallest absolute Gasteiger partial charge is 0.226 e. The highest BCUT2D eigenvalue weighted by molar-refractivity contribution is 6.31. The van der Waals surface area contributed by atoms with Gasteiger partial charge in [0.05, 0.1) is 7.11 Å². The fourth-order valence-electron chi connectivity index (χ4n) is 1.54. The van der Waals surface area contributed by atoms with E-state index < -0.39 is 0 Å². The molecule has 2 aromatic rings. The Morgan fingerprint density at radius 1 is 1.28 bits per heavy atom.